The lowest BCUT2D eigenvalue weighted by Gasteiger charge is -2.23. The number of aliphatic hydroxyl groups excluding tert-OH is 1. The number of carbonyl (C=O) groups is 1. The van der Waals surface area contributed by atoms with E-state index in [9.17, 15) is 18.0 Å². The molecular weight excluding hydrogens is 307 g/mol. The third kappa shape index (κ3) is 4.85. The molecule has 1 aromatic rings. The number of aliphatic hydroxyl groups is 1. The maximum atomic E-state index is 12.5. The summed E-state index contributed by atoms with van der Waals surface area (Å²) in [6.45, 7) is 3.90. The molecule has 0 bridgehead atoms. The SMILES string of the molecule is CCC(NC(=O)N(CC)CCO)c1nc(C(F)(F)F)cs1. The van der Waals surface area contributed by atoms with Crippen molar-refractivity contribution in [3.05, 3.63) is 16.1 Å². The predicted octanol–water partition coefficient (Wildman–Crippen LogP) is 2.64. The Kier molecular flexibility index (Phi) is 6.41. The van der Waals surface area contributed by atoms with Crippen molar-refractivity contribution in [1.82, 2.24) is 15.2 Å². The molecule has 1 atom stereocenters. The van der Waals surface area contributed by atoms with Crippen LogP contribution in [0.1, 0.15) is 37.0 Å². The van der Waals surface area contributed by atoms with E-state index in [4.69, 9.17) is 5.11 Å². The molecule has 1 aromatic heterocycles. The molecule has 0 aliphatic heterocycles. The van der Waals surface area contributed by atoms with Gasteiger partial charge < -0.3 is 15.3 Å². The Hall–Kier alpha value is -1.35. The summed E-state index contributed by atoms with van der Waals surface area (Å²) in [6, 6.07) is -1.01. The van der Waals surface area contributed by atoms with Gasteiger partial charge in [0, 0.05) is 18.5 Å². The Balaban J connectivity index is 2.79. The van der Waals surface area contributed by atoms with Crippen LogP contribution in [0.5, 0.6) is 0 Å². The summed E-state index contributed by atoms with van der Waals surface area (Å²) in [7, 11) is 0. The Labute approximate surface area is 124 Å². The smallest absolute Gasteiger partial charge is 0.395 e. The van der Waals surface area contributed by atoms with Crippen molar-refractivity contribution in [3.8, 4) is 0 Å². The fraction of sp³-hybridized carbons (Fsp3) is 0.667. The minimum Gasteiger partial charge on any atom is -0.395 e. The largest absolute Gasteiger partial charge is 0.434 e. The molecule has 120 valence electrons. The van der Waals surface area contributed by atoms with Crippen LogP contribution in [0.2, 0.25) is 0 Å². The Morgan fingerprint density at radius 3 is 2.62 bits per heavy atom. The van der Waals surface area contributed by atoms with Gasteiger partial charge in [0.05, 0.1) is 12.6 Å². The third-order valence-corrected chi connectivity index (χ3v) is 3.81. The van der Waals surface area contributed by atoms with E-state index in [1.807, 2.05) is 0 Å². The second kappa shape index (κ2) is 7.60. The molecule has 2 amide bonds. The van der Waals surface area contributed by atoms with Gasteiger partial charge in [-0.15, -0.1) is 11.3 Å². The van der Waals surface area contributed by atoms with Gasteiger partial charge in [0.15, 0.2) is 5.69 Å². The van der Waals surface area contributed by atoms with E-state index < -0.39 is 23.9 Å². The summed E-state index contributed by atoms with van der Waals surface area (Å²) < 4.78 is 37.6. The van der Waals surface area contributed by atoms with Crippen molar-refractivity contribution < 1.29 is 23.1 Å². The van der Waals surface area contributed by atoms with Crippen molar-refractivity contribution in [2.45, 2.75) is 32.5 Å². The number of nitrogens with one attached hydrogen (secondary N) is 1. The van der Waals surface area contributed by atoms with Crippen LogP contribution in [0, 0.1) is 0 Å². The molecule has 9 heteroatoms. The maximum Gasteiger partial charge on any atom is 0.434 e. The van der Waals surface area contributed by atoms with Crippen LogP contribution in [0.15, 0.2) is 5.38 Å². The fourth-order valence-corrected chi connectivity index (χ4v) is 2.64. The highest BCUT2D eigenvalue weighted by atomic mass is 32.1. The highest BCUT2D eigenvalue weighted by molar-refractivity contribution is 7.09. The standard InChI is InChI=1S/C12H18F3N3O2S/c1-3-8(16-11(20)18(4-2)5-6-19)10-17-9(7-21-10)12(13,14)15/h7-8,19H,3-6H2,1-2H3,(H,16,20). The van der Waals surface area contributed by atoms with Crippen LogP contribution in [-0.4, -0.2) is 40.7 Å². The lowest BCUT2D eigenvalue weighted by molar-refractivity contribution is -0.140. The molecule has 1 heterocycles. The van der Waals surface area contributed by atoms with Gasteiger partial charge in [0.1, 0.15) is 5.01 Å². The Morgan fingerprint density at radius 1 is 1.52 bits per heavy atom. The zero-order valence-electron chi connectivity index (χ0n) is 11.8. The highest BCUT2D eigenvalue weighted by Gasteiger charge is 2.34. The number of carbonyl (C=O) groups excluding carboxylic acids is 1. The molecule has 2 N–H and O–H groups in total. The van der Waals surface area contributed by atoms with Crippen LogP contribution in [0.3, 0.4) is 0 Å². The second-order valence-electron chi connectivity index (χ2n) is 4.28. The summed E-state index contributed by atoms with van der Waals surface area (Å²) in [5.41, 5.74) is -0.946. The topological polar surface area (TPSA) is 65.5 Å². The second-order valence-corrected chi connectivity index (χ2v) is 5.17. The Morgan fingerprint density at radius 2 is 2.19 bits per heavy atom. The minimum atomic E-state index is -4.48. The van der Waals surface area contributed by atoms with E-state index in [-0.39, 0.29) is 18.2 Å². The number of rotatable bonds is 6. The lowest BCUT2D eigenvalue weighted by Crippen LogP contribution is -2.42. The number of amides is 2. The molecule has 21 heavy (non-hydrogen) atoms. The van der Waals surface area contributed by atoms with Gasteiger partial charge in [-0.1, -0.05) is 6.92 Å². The van der Waals surface area contributed by atoms with E-state index in [0.717, 1.165) is 16.7 Å². The number of likely N-dealkylation sites (N-methyl/N-ethyl adjacent to an activating group) is 1. The van der Waals surface area contributed by atoms with Gasteiger partial charge in [-0.3, -0.25) is 0 Å². The summed E-state index contributed by atoms with van der Waals surface area (Å²) in [5, 5.41) is 12.7. The van der Waals surface area contributed by atoms with Gasteiger partial charge in [-0.25, -0.2) is 9.78 Å². The molecule has 0 aliphatic rings. The van der Waals surface area contributed by atoms with Crippen molar-refractivity contribution in [3.63, 3.8) is 0 Å². The van der Waals surface area contributed by atoms with Crippen molar-refractivity contribution in [1.29, 1.82) is 0 Å². The summed E-state index contributed by atoms with van der Waals surface area (Å²) >= 11 is 0.870. The number of hydrogen-bond acceptors (Lipinski definition) is 4. The molecule has 1 rings (SSSR count). The van der Waals surface area contributed by atoms with E-state index in [0.29, 0.717) is 13.0 Å². The average molecular weight is 325 g/mol. The normalized spacial score (nSPS) is 13.0. The quantitative estimate of drug-likeness (QED) is 0.845. The first-order valence-electron chi connectivity index (χ1n) is 6.52. The fourth-order valence-electron chi connectivity index (χ4n) is 1.68. The van der Waals surface area contributed by atoms with Gasteiger partial charge in [-0.05, 0) is 13.3 Å². The number of alkyl halides is 3. The molecule has 0 fully saturated rings. The van der Waals surface area contributed by atoms with Gasteiger partial charge in [0.25, 0.3) is 0 Å². The van der Waals surface area contributed by atoms with Gasteiger partial charge >= 0.3 is 12.2 Å². The first kappa shape index (κ1) is 17.7. The third-order valence-electron chi connectivity index (χ3n) is 2.86. The first-order valence-corrected chi connectivity index (χ1v) is 7.40. The predicted molar refractivity (Wildman–Crippen MR) is 73.0 cm³/mol. The molecule has 0 aromatic carbocycles. The number of aromatic nitrogens is 1. The van der Waals surface area contributed by atoms with E-state index >= 15 is 0 Å². The number of thiazole rings is 1. The molecule has 5 nitrogen and oxygen atoms in total. The molecule has 0 radical (unpaired) electrons. The van der Waals surface area contributed by atoms with Crippen LogP contribution in [0.4, 0.5) is 18.0 Å². The number of hydrogen-bond donors (Lipinski definition) is 2. The van der Waals surface area contributed by atoms with Crippen molar-refractivity contribution >= 4 is 17.4 Å². The van der Waals surface area contributed by atoms with E-state index in [1.165, 1.54) is 4.90 Å². The minimum absolute atomic E-state index is 0.171. The number of nitrogens with zero attached hydrogens (tertiary/aromatic N) is 2. The Bertz CT molecular complexity index is 465. The zero-order valence-corrected chi connectivity index (χ0v) is 12.6. The maximum absolute atomic E-state index is 12.5. The summed E-state index contributed by atoms with van der Waals surface area (Å²) in [4.78, 5) is 16.9. The average Bonchev–Trinajstić information content (AvgIpc) is 2.91. The monoisotopic (exact) mass is 325 g/mol. The van der Waals surface area contributed by atoms with Gasteiger partial charge in [0.2, 0.25) is 0 Å². The van der Waals surface area contributed by atoms with Crippen LogP contribution >= 0.6 is 11.3 Å². The first-order chi connectivity index (χ1) is 9.83. The molecular formula is C12H18F3N3O2S. The highest BCUT2D eigenvalue weighted by Crippen LogP contribution is 2.32. The molecule has 0 saturated carbocycles. The van der Waals surface area contributed by atoms with Crippen LogP contribution in [-0.2, 0) is 6.18 Å². The number of urea groups is 1. The molecule has 1 unspecified atom stereocenters. The zero-order chi connectivity index (χ0) is 16.0. The van der Waals surface area contributed by atoms with Crippen molar-refractivity contribution in [2.24, 2.45) is 0 Å². The van der Waals surface area contributed by atoms with E-state index in [1.54, 1.807) is 13.8 Å². The van der Waals surface area contributed by atoms with E-state index in [2.05, 4.69) is 10.3 Å². The summed E-state index contributed by atoms with van der Waals surface area (Å²) in [6.07, 6.45) is -4.06. The van der Waals surface area contributed by atoms with Crippen LogP contribution in [0.25, 0.3) is 0 Å². The molecule has 0 aliphatic carbocycles. The summed E-state index contributed by atoms with van der Waals surface area (Å²) in [5.74, 6) is 0. The lowest BCUT2D eigenvalue weighted by atomic mass is 10.2. The molecule has 0 saturated heterocycles. The van der Waals surface area contributed by atoms with Gasteiger partial charge in [-0.2, -0.15) is 13.2 Å². The number of halogens is 3. The molecule has 0 spiro atoms. The van der Waals surface area contributed by atoms with Crippen LogP contribution < -0.4 is 5.32 Å². The van der Waals surface area contributed by atoms with Crippen molar-refractivity contribution in [2.75, 3.05) is 19.7 Å².